The Bertz CT molecular complexity index is 268. The van der Waals surface area contributed by atoms with Crippen molar-refractivity contribution in [2.24, 2.45) is 0 Å². The summed E-state index contributed by atoms with van der Waals surface area (Å²) >= 11 is 0. The molecule has 0 saturated carbocycles. The summed E-state index contributed by atoms with van der Waals surface area (Å²) in [5.74, 6) is 0. The molecule has 0 aromatic heterocycles. The lowest BCUT2D eigenvalue weighted by atomic mass is 11.7. The van der Waals surface area contributed by atoms with Crippen molar-refractivity contribution in [3.8, 4) is 0 Å². The van der Waals surface area contributed by atoms with Gasteiger partial charge in [0.25, 0.3) is 0 Å². The Hall–Kier alpha value is -0.0800. The van der Waals surface area contributed by atoms with Crippen LogP contribution in [0.25, 0.3) is 0 Å². The van der Waals surface area contributed by atoms with E-state index in [0.29, 0.717) is 0 Å². The molecule has 2 N–H and O–H groups in total. The van der Waals surface area contributed by atoms with E-state index in [4.69, 9.17) is 9.45 Å². The highest BCUT2D eigenvalue weighted by Gasteiger charge is 2.37. The van der Waals surface area contributed by atoms with Crippen LogP contribution in [0.5, 0.6) is 0 Å². The molecule has 11 heavy (non-hydrogen) atoms. The van der Waals surface area contributed by atoms with Gasteiger partial charge in [0.2, 0.25) is 0 Å². The van der Waals surface area contributed by atoms with Gasteiger partial charge in [-0.2, -0.15) is 21.2 Å². The van der Waals surface area contributed by atoms with Crippen molar-refractivity contribution in [3.05, 3.63) is 0 Å². The second kappa shape index (κ2) is 3.11. The maximum atomic E-state index is 11.3. The Labute approximate surface area is 60.3 Å². The molecule has 0 spiro atoms. The highest BCUT2D eigenvalue weighted by atomic mass is 32.3. The molecule has 0 aliphatic carbocycles. The minimum absolute atomic E-state index is 2.78. The van der Waals surface area contributed by atoms with Gasteiger partial charge < -0.3 is 4.89 Å². The van der Waals surface area contributed by atoms with E-state index in [1.807, 2.05) is 0 Å². The highest BCUT2D eigenvalue weighted by Crippen LogP contribution is 2.49. The molecule has 0 bridgehead atoms. The molecule has 0 aromatic rings. The number of alkyl halides is 2. The first-order chi connectivity index (χ1) is 4.65. The Kier molecular flexibility index (Phi) is 3.09. The van der Waals surface area contributed by atoms with E-state index in [1.54, 1.807) is 0 Å². The van der Waals surface area contributed by atoms with E-state index in [1.165, 1.54) is 0 Å². The van der Waals surface area contributed by atoms with Crippen molar-refractivity contribution in [2.45, 2.75) is 6.17 Å². The van der Waals surface area contributed by atoms with E-state index < -0.39 is 24.2 Å². The molecule has 68 valence electrons. The minimum Gasteiger partial charge on any atom is -0.320 e. The van der Waals surface area contributed by atoms with Crippen LogP contribution in [0.15, 0.2) is 0 Å². The Morgan fingerprint density at radius 3 is 1.91 bits per heavy atom. The van der Waals surface area contributed by atoms with Crippen LogP contribution in [-0.4, -0.2) is 24.0 Å². The van der Waals surface area contributed by atoms with Gasteiger partial charge in [0, 0.05) is 0 Å². The average Bonchev–Trinajstić information content (AvgIpc) is 1.56. The fraction of sp³-hybridized carbons (Fsp3) is 1.00. The summed E-state index contributed by atoms with van der Waals surface area (Å²) in [5.41, 5.74) is 0. The molecule has 0 fully saturated rings. The summed E-state index contributed by atoms with van der Waals surface area (Å²) in [6, 6.07) is 0. The van der Waals surface area contributed by atoms with Crippen LogP contribution in [0.1, 0.15) is 0 Å². The van der Waals surface area contributed by atoms with Gasteiger partial charge in [0.15, 0.2) is 0 Å². The number of rotatable bonds is 3. The molecule has 0 heterocycles. The molecule has 1 unspecified atom stereocenters. The van der Waals surface area contributed by atoms with E-state index >= 15 is 0 Å². The summed E-state index contributed by atoms with van der Waals surface area (Å²) in [4.78, 5) is 7.97. The molecule has 1 atom stereocenters. The van der Waals surface area contributed by atoms with Gasteiger partial charge in [-0.3, -0.25) is 9.12 Å². The lowest BCUT2D eigenvalue weighted by Crippen LogP contribution is -2.05. The zero-order valence-electron chi connectivity index (χ0n) is 4.72. The molecule has 0 aliphatic rings. The van der Waals surface area contributed by atoms with E-state index in [-0.39, 0.29) is 0 Å². The summed E-state index contributed by atoms with van der Waals surface area (Å²) in [7, 11) is -10.9. The number of halogens is 2. The van der Waals surface area contributed by atoms with Gasteiger partial charge in [-0.1, -0.05) is 0 Å². The van der Waals surface area contributed by atoms with Crippen LogP contribution < -0.4 is 0 Å². The van der Waals surface area contributed by atoms with Crippen molar-refractivity contribution in [1.82, 2.24) is 0 Å². The van der Waals surface area contributed by atoms with E-state index in [9.17, 15) is 21.8 Å². The van der Waals surface area contributed by atoms with Crippen LogP contribution in [0.3, 0.4) is 0 Å². The van der Waals surface area contributed by atoms with Crippen LogP contribution >= 0.6 is 7.60 Å². The lowest BCUT2D eigenvalue weighted by Gasteiger charge is -2.06. The second-order valence-electron chi connectivity index (χ2n) is 1.34. The predicted octanol–water partition coefficient (Wildman–Crippen LogP) is 0.214. The molecule has 0 aliphatic heterocycles. The normalized spacial score (nSPS) is 18.3. The number of hydrogen-bond acceptors (Lipinski definition) is 4. The summed E-state index contributed by atoms with van der Waals surface area (Å²) in [6.45, 7) is 0. The Morgan fingerprint density at radius 2 is 1.82 bits per heavy atom. The SMILES string of the molecule is O=P(O)(OS(=O)(=O)O)C(F)F. The summed E-state index contributed by atoms with van der Waals surface area (Å²) in [5, 5.41) is 0. The molecular formula is CH3F2O6PS. The zero-order valence-corrected chi connectivity index (χ0v) is 6.43. The molecule has 10 heteroatoms. The summed E-state index contributed by atoms with van der Waals surface area (Å²) in [6.07, 6.45) is -3.87. The maximum absolute atomic E-state index is 11.3. The minimum atomic E-state index is -5.56. The molecule has 0 saturated heterocycles. The van der Waals surface area contributed by atoms with Crippen molar-refractivity contribution < 1.29 is 35.2 Å². The lowest BCUT2D eigenvalue weighted by molar-refractivity contribution is 0.185. The van der Waals surface area contributed by atoms with Crippen LogP contribution in [-0.2, 0) is 18.9 Å². The third-order valence-electron chi connectivity index (χ3n) is 0.448. The van der Waals surface area contributed by atoms with Crippen molar-refractivity contribution in [2.75, 3.05) is 0 Å². The quantitative estimate of drug-likeness (QED) is 0.512. The molecule has 0 radical (unpaired) electrons. The van der Waals surface area contributed by atoms with Gasteiger partial charge in [0.1, 0.15) is 0 Å². The molecule has 6 nitrogen and oxygen atoms in total. The topological polar surface area (TPSA) is 101 Å². The van der Waals surface area contributed by atoms with Gasteiger partial charge in [-0.15, -0.1) is 0 Å². The first-order valence-electron chi connectivity index (χ1n) is 1.94. The van der Waals surface area contributed by atoms with Gasteiger partial charge >= 0.3 is 24.2 Å². The van der Waals surface area contributed by atoms with Crippen molar-refractivity contribution >= 4 is 18.0 Å². The van der Waals surface area contributed by atoms with E-state index in [0.717, 1.165) is 0 Å². The molecule has 0 aromatic carbocycles. The van der Waals surface area contributed by atoms with Crippen molar-refractivity contribution in [3.63, 3.8) is 0 Å². The second-order valence-corrected chi connectivity index (χ2v) is 4.31. The standard InChI is InChI=1S/CH3F2O6PS/c2-1(3)10(4,5)9-11(6,7)8/h1H,(H,4,5)(H,6,7,8). The third-order valence-corrected chi connectivity index (χ3v) is 2.55. The van der Waals surface area contributed by atoms with Crippen LogP contribution in [0.4, 0.5) is 8.78 Å². The number of hydrogen-bond donors (Lipinski definition) is 2. The summed E-state index contributed by atoms with van der Waals surface area (Å²) < 4.78 is 62.3. The van der Waals surface area contributed by atoms with E-state index in [2.05, 4.69) is 3.97 Å². The predicted molar refractivity (Wildman–Crippen MR) is 28.5 cm³/mol. The van der Waals surface area contributed by atoms with Gasteiger partial charge in [-0.05, 0) is 0 Å². The Morgan fingerprint density at radius 1 is 1.45 bits per heavy atom. The Balaban J connectivity index is 4.52. The van der Waals surface area contributed by atoms with Gasteiger partial charge in [-0.25, -0.2) is 0 Å². The maximum Gasteiger partial charge on any atom is 0.410 e. The first-order valence-corrected chi connectivity index (χ1v) is 4.95. The van der Waals surface area contributed by atoms with Crippen LogP contribution in [0, 0.1) is 0 Å². The van der Waals surface area contributed by atoms with Crippen LogP contribution in [0.2, 0.25) is 0 Å². The zero-order chi connectivity index (χ0) is 9.28. The highest BCUT2D eigenvalue weighted by molar-refractivity contribution is 7.86. The van der Waals surface area contributed by atoms with Crippen molar-refractivity contribution in [1.29, 1.82) is 0 Å². The first kappa shape index (κ1) is 10.9. The molecule has 0 rings (SSSR count). The third kappa shape index (κ3) is 4.38. The largest absolute Gasteiger partial charge is 0.410 e. The monoisotopic (exact) mass is 212 g/mol. The average molecular weight is 212 g/mol. The fourth-order valence-corrected chi connectivity index (χ4v) is 1.51. The fourth-order valence-electron chi connectivity index (χ4n) is 0.167. The van der Waals surface area contributed by atoms with Gasteiger partial charge in [0.05, 0.1) is 0 Å². The molecular weight excluding hydrogens is 209 g/mol. The molecule has 0 amide bonds. The smallest absolute Gasteiger partial charge is 0.320 e.